The van der Waals surface area contributed by atoms with Crippen molar-refractivity contribution >= 4 is 0 Å². The SMILES string of the molecule is CC1(C)CC(NCC2CC(O)C2)CC(C)(C)C1. The van der Waals surface area contributed by atoms with E-state index in [2.05, 4.69) is 33.0 Å². The molecular weight excluding hydrogens is 210 g/mol. The third kappa shape index (κ3) is 3.69. The van der Waals surface area contributed by atoms with Crippen LogP contribution in [-0.4, -0.2) is 23.8 Å². The lowest BCUT2D eigenvalue weighted by molar-refractivity contribution is 0.0341. The summed E-state index contributed by atoms with van der Waals surface area (Å²) in [5.74, 6) is 0.721. The van der Waals surface area contributed by atoms with Crippen molar-refractivity contribution in [2.75, 3.05) is 6.54 Å². The third-order valence-corrected chi connectivity index (χ3v) is 4.46. The first kappa shape index (κ1) is 13.4. The number of aliphatic hydroxyl groups excluding tert-OH is 1. The first-order valence-corrected chi connectivity index (χ1v) is 7.17. The first-order valence-electron chi connectivity index (χ1n) is 7.17. The molecule has 0 unspecified atom stereocenters. The van der Waals surface area contributed by atoms with E-state index in [1.807, 2.05) is 0 Å². The fourth-order valence-electron chi connectivity index (χ4n) is 4.19. The molecular formula is C15H29NO. The maximum atomic E-state index is 9.29. The van der Waals surface area contributed by atoms with E-state index < -0.39 is 0 Å². The number of hydrogen-bond acceptors (Lipinski definition) is 2. The topological polar surface area (TPSA) is 32.3 Å². The van der Waals surface area contributed by atoms with Crippen LogP contribution in [0.3, 0.4) is 0 Å². The Morgan fingerprint density at radius 3 is 2.06 bits per heavy atom. The molecule has 0 atom stereocenters. The van der Waals surface area contributed by atoms with Gasteiger partial charge in [0.15, 0.2) is 0 Å². The highest BCUT2D eigenvalue weighted by Crippen LogP contribution is 2.45. The molecule has 0 bridgehead atoms. The Morgan fingerprint density at radius 2 is 1.59 bits per heavy atom. The van der Waals surface area contributed by atoms with E-state index in [1.165, 1.54) is 19.3 Å². The number of aliphatic hydroxyl groups is 1. The Bertz CT molecular complexity index is 250. The Hall–Kier alpha value is -0.0800. The van der Waals surface area contributed by atoms with Crippen LogP contribution in [0.1, 0.15) is 59.8 Å². The van der Waals surface area contributed by atoms with Gasteiger partial charge in [-0.15, -0.1) is 0 Å². The van der Waals surface area contributed by atoms with Gasteiger partial charge in [0, 0.05) is 6.04 Å². The Balaban J connectivity index is 1.80. The monoisotopic (exact) mass is 239 g/mol. The molecule has 0 amide bonds. The molecule has 0 aromatic carbocycles. The van der Waals surface area contributed by atoms with Crippen LogP contribution < -0.4 is 5.32 Å². The zero-order valence-electron chi connectivity index (χ0n) is 11.9. The highest BCUT2D eigenvalue weighted by molar-refractivity contribution is 4.93. The molecule has 100 valence electrons. The van der Waals surface area contributed by atoms with Gasteiger partial charge in [-0.3, -0.25) is 0 Å². The van der Waals surface area contributed by atoms with Gasteiger partial charge in [0.05, 0.1) is 6.10 Å². The van der Waals surface area contributed by atoms with E-state index >= 15 is 0 Å². The summed E-state index contributed by atoms with van der Waals surface area (Å²) >= 11 is 0. The second kappa shape index (κ2) is 4.55. The second-order valence-corrected chi connectivity index (χ2v) is 8.01. The van der Waals surface area contributed by atoms with Crippen molar-refractivity contribution in [1.29, 1.82) is 0 Å². The molecule has 0 aliphatic heterocycles. The van der Waals surface area contributed by atoms with Crippen LogP contribution in [0.4, 0.5) is 0 Å². The maximum absolute atomic E-state index is 9.29. The predicted molar refractivity (Wildman–Crippen MR) is 71.9 cm³/mol. The van der Waals surface area contributed by atoms with Gasteiger partial charge >= 0.3 is 0 Å². The largest absolute Gasteiger partial charge is 0.393 e. The molecule has 0 saturated heterocycles. The van der Waals surface area contributed by atoms with Crippen molar-refractivity contribution in [2.24, 2.45) is 16.7 Å². The molecule has 2 saturated carbocycles. The highest BCUT2D eigenvalue weighted by atomic mass is 16.3. The van der Waals surface area contributed by atoms with Crippen molar-refractivity contribution < 1.29 is 5.11 Å². The Morgan fingerprint density at radius 1 is 1.06 bits per heavy atom. The summed E-state index contributed by atoms with van der Waals surface area (Å²) in [6.07, 6.45) is 5.93. The average Bonchev–Trinajstić information content (AvgIpc) is 2.05. The summed E-state index contributed by atoms with van der Waals surface area (Å²) < 4.78 is 0. The molecule has 2 nitrogen and oxygen atoms in total. The molecule has 0 aromatic rings. The molecule has 17 heavy (non-hydrogen) atoms. The molecule has 0 aromatic heterocycles. The van der Waals surface area contributed by atoms with Crippen molar-refractivity contribution in [1.82, 2.24) is 5.32 Å². The lowest BCUT2D eigenvalue weighted by Gasteiger charge is -2.46. The summed E-state index contributed by atoms with van der Waals surface area (Å²) in [7, 11) is 0. The Labute approximate surface area is 106 Å². The van der Waals surface area contributed by atoms with E-state index in [-0.39, 0.29) is 6.10 Å². The molecule has 2 aliphatic carbocycles. The van der Waals surface area contributed by atoms with Crippen LogP contribution in [0.25, 0.3) is 0 Å². The second-order valence-electron chi connectivity index (χ2n) is 8.01. The fraction of sp³-hybridized carbons (Fsp3) is 1.00. The van der Waals surface area contributed by atoms with Crippen molar-refractivity contribution in [3.05, 3.63) is 0 Å². The molecule has 0 radical (unpaired) electrons. The average molecular weight is 239 g/mol. The zero-order valence-corrected chi connectivity index (χ0v) is 11.9. The van der Waals surface area contributed by atoms with Crippen molar-refractivity contribution in [3.8, 4) is 0 Å². The highest BCUT2D eigenvalue weighted by Gasteiger charge is 2.38. The van der Waals surface area contributed by atoms with E-state index in [9.17, 15) is 5.11 Å². The molecule has 0 heterocycles. The fourth-order valence-corrected chi connectivity index (χ4v) is 4.19. The third-order valence-electron chi connectivity index (χ3n) is 4.46. The maximum Gasteiger partial charge on any atom is 0.0546 e. The summed E-state index contributed by atoms with van der Waals surface area (Å²) in [6, 6.07) is 0.673. The van der Waals surface area contributed by atoms with Crippen LogP contribution in [0.2, 0.25) is 0 Å². The summed E-state index contributed by atoms with van der Waals surface area (Å²) in [5.41, 5.74) is 0.942. The minimum atomic E-state index is -0.0129. The first-order chi connectivity index (χ1) is 7.76. The van der Waals surface area contributed by atoms with Gasteiger partial charge in [-0.1, -0.05) is 27.7 Å². The van der Waals surface area contributed by atoms with Crippen molar-refractivity contribution in [2.45, 2.75) is 71.9 Å². The lowest BCUT2D eigenvalue weighted by Crippen LogP contribution is -2.47. The van der Waals surface area contributed by atoms with Crippen LogP contribution >= 0.6 is 0 Å². The minimum Gasteiger partial charge on any atom is -0.393 e. The molecule has 2 heteroatoms. The summed E-state index contributed by atoms with van der Waals surface area (Å²) in [5, 5.41) is 13.0. The minimum absolute atomic E-state index is 0.0129. The number of nitrogens with one attached hydrogen (secondary N) is 1. The van der Waals surface area contributed by atoms with Crippen LogP contribution in [0.15, 0.2) is 0 Å². The number of rotatable bonds is 3. The van der Waals surface area contributed by atoms with Crippen LogP contribution in [-0.2, 0) is 0 Å². The van der Waals surface area contributed by atoms with Crippen molar-refractivity contribution in [3.63, 3.8) is 0 Å². The summed E-state index contributed by atoms with van der Waals surface area (Å²) in [4.78, 5) is 0. The van der Waals surface area contributed by atoms with E-state index in [0.717, 1.165) is 25.3 Å². The van der Waals surface area contributed by atoms with Gasteiger partial charge < -0.3 is 10.4 Å². The molecule has 0 spiro atoms. The van der Waals surface area contributed by atoms with E-state index in [4.69, 9.17) is 0 Å². The molecule has 2 aliphatic rings. The smallest absolute Gasteiger partial charge is 0.0546 e. The van der Waals surface area contributed by atoms with Gasteiger partial charge in [0.1, 0.15) is 0 Å². The molecule has 2 N–H and O–H groups in total. The standard InChI is InChI=1S/C15H29NO/c1-14(2)7-12(8-15(3,4)10-14)16-9-11-5-13(17)6-11/h11-13,16-17H,5-10H2,1-4H3. The van der Waals surface area contributed by atoms with Gasteiger partial charge in [0.2, 0.25) is 0 Å². The molecule has 2 fully saturated rings. The van der Waals surface area contributed by atoms with Crippen LogP contribution in [0, 0.1) is 16.7 Å². The van der Waals surface area contributed by atoms with Gasteiger partial charge in [-0.2, -0.15) is 0 Å². The number of hydrogen-bond donors (Lipinski definition) is 2. The zero-order chi connectivity index (χ0) is 12.7. The lowest BCUT2D eigenvalue weighted by atomic mass is 9.63. The predicted octanol–water partition coefficient (Wildman–Crippen LogP) is 2.95. The van der Waals surface area contributed by atoms with E-state index in [0.29, 0.717) is 16.9 Å². The Kier molecular flexibility index (Phi) is 3.57. The van der Waals surface area contributed by atoms with Gasteiger partial charge in [-0.25, -0.2) is 0 Å². The van der Waals surface area contributed by atoms with Crippen LogP contribution in [0.5, 0.6) is 0 Å². The summed E-state index contributed by atoms with van der Waals surface area (Å²) in [6.45, 7) is 10.7. The normalized spacial score (nSPS) is 36.5. The quantitative estimate of drug-likeness (QED) is 0.793. The van der Waals surface area contributed by atoms with E-state index in [1.54, 1.807) is 0 Å². The van der Waals surface area contributed by atoms with Gasteiger partial charge in [0.25, 0.3) is 0 Å². The van der Waals surface area contributed by atoms with Gasteiger partial charge in [-0.05, 0) is 55.4 Å². The molecule has 2 rings (SSSR count).